The maximum absolute atomic E-state index is 5.21. The highest BCUT2D eigenvalue weighted by molar-refractivity contribution is 5.98. The van der Waals surface area contributed by atoms with Crippen LogP contribution in [0.15, 0.2) is 200 Å². The summed E-state index contributed by atoms with van der Waals surface area (Å²) in [6, 6.07) is 71.0. The summed E-state index contributed by atoms with van der Waals surface area (Å²) in [5.41, 5.74) is 10.1. The van der Waals surface area contributed by atoms with E-state index in [4.69, 9.17) is 10.1 Å². The number of rotatable bonds is 6. The van der Waals surface area contributed by atoms with E-state index in [9.17, 15) is 0 Å². The molecule has 0 fully saturated rings. The molecule has 3 heteroatoms. The molecule has 0 saturated heterocycles. The average Bonchev–Trinajstić information content (AvgIpc) is 3.69. The summed E-state index contributed by atoms with van der Waals surface area (Å²) in [5, 5.41) is 12.6. The van der Waals surface area contributed by atoms with Gasteiger partial charge in [0.25, 0.3) is 0 Å². The Labute approximate surface area is 308 Å². The van der Waals surface area contributed by atoms with Gasteiger partial charge in [0.1, 0.15) is 0 Å². The summed E-state index contributed by atoms with van der Waals surface area (Å²) in [6.07, 6.45) is 0. The second kappa shape index (κ2) is 12.9. The molecule has 0 bridgehead atoms. The Hall–Kier alpha value is -7.10. The first-order chi connectivity index (χ1) is 26.3. The topological polar surface area (TPSA) is 30.7 Å². The second-order valence-electron chi connectivity index (χ2n) is 13.5. The van der Waals surface area contributed by atoms with Crippen LogP contribution in [0, 0.1) is 0 Å². The molecule has 10 rings (SSSR count). The maximum Gasteiger partial charge on any atom is 0.182 e. The molecule has 3 nitrogen and oxygen atoms in total. The smallest absolute Gasteiger partial charge is 0.182 e. The molecular weight excluding hydrogens is 643 g/mol. The van der Waals surface area contributed by atoms with E-state index in [-0.39, 0.29) is 0 Å². The maximum atomic E-state index is 5.21. The van der Waals surface area contributed by atoms with Crippen molar-refractivity contribution in [2.24, 2.45) is 0 Å². The Balaban J connectivity index is 1.06. The molecule has 0 aliphatic carbocycles. The first kappa shape index (κ1) is 30.7. The molecule has 53 heavy (non-hydrogen) atoms. The highest BCUT2D eigenvalue weighted by atomic mass is 15.4. The minimum absolute atomic E-state index is 0.681. The predicted octanol–water partition coefficient (Wildman–Crippen LogP) is 13.1. The summed E-state index contributed by atoms with van der Waals surface area (Å²) in [6.45, 7) is 0. The van der Waals surface area contributed by atoms with Crippen molar-refractivity contribution in [2.45, 2.75) is 0 Å². The van der Waals surface area contributed by atoms with Crippen LogP contribution in [0.5, 0.6) is 0 Å². The molecule has 0 amide bonds. The molecule has 0 saturated carbocycles. The lowest BCUT2D eigenvalue weighted by molar-refractivity contribution is 0.891. The quantitative estimate of drug-likeness (QED) is 0.176. The summed E-state index contributed by atoms with van der Waals surface area (Å²) in [7, 11) is 0. The number of fused-ring (bicyclic) bond motifs is 3. The zero-order valence-corrected chi connectivity index (χ0v) is 28.9. The molecule has 0 aliphatic heterocycles. The van der Waals surface area contributed by atoms with Crippen molar-refractivity contribution < 1.29 is 0 Å². The fraction of sp³-hybridized carbons (Fsp3) is 0. The second-order valence-corrected chi connectivity index (χ2v) is 13.5. The fourth-order valence-corrected chi connectivity index (χ4v) is 7.61. The van der Waals surface area contributed by atoms with Crippen molar-refractivity contribution in [3.63, 3.8) is 0 Å². The lowest BCUT2D eigenvalue weighted by Gasteiger charge is -2.11. The normalized spacial score (nSPS) is 11.4. The van der Waals surface area contributed by atoms with Crippen LogP contribution in [0.25, 0.3) is 94.2 Å². The lowest BCUT2D eigenvalue weighted by atomic mass is 9.97. The van der Waals surface area contributed by atoms with E-state index >= 15 is 0 Å². The van der Waals surface area contributed by atoms with Gasteiger partial charge in [-0.2, -0.15) is 0 Å². The van der Waals surface area contributed by atoms with Crippen LogP contribution < -0.4 is 0 Å². The van der Waals surface area contributed by atoms with E-state index in [1.807, 2.05) is 4.68 Å². The fourth-order valence-electron chi connectivity index (χ4n) is 7.61. The van der Waals surface area contributed by atoms with Gasteiger partial charge in [-0.05, 0) is 77.8 Å². The van der Waals surface area contributed by atoms with Gasteiger partial charge in [0.2, 0.25) is 0 Å². The third-order valence-corrected chi connectivity index (χ3v) is 10.3. The highest BCUT2D eigenvalue weighted by Crippen LogP contribution is 2.35. The summed E-state index contributed by atoms with van der Waals surface area (Å²) in [5.74, 6) is 1.47. The molecule has 1 heterocycles. The first-order valence-electron chi connectivity index (χ1n) is 18.0. The molecule has 0 radical (unpaired) electrons. The molecule has 10 aromatic rings. The van der Waals surface area contributed by atoms with Crippen molar-refractivity contribution in [1.29, 1.82) is 0 Å². The Morgan fingerprint density at radius 2 is 0.660 bits per heavy atom. The van der Waals surface area contributed by atoms with Crippen LogP contribution in [-0.4, -0.2) is 14.8 Å². The molecule has 9 aromatic carbocycles. The third-order valence-electron chi connectivity index (χ3n) is 10.3. The van der Waals surface area contributed by atoms with Crippen LogP contribution in [0.2, 0.25) is 0 Å². The van der Waals surface area contributed by atoms with Crippen LogP contribution >= 0.6 is 0 Å². The molecule has 0 N–H and O–H groups in total. The number of hydrogen-bond donors (Lipinski definition) is 0. The molecule has 0 atom stereocenters. The minimum atomic E-state index is 0.681. The highest BCUT2D eigenvalue weighted by Gasteiger charge is 2.17. The molecular formula is C50H33N3. The van der Waals surface area contributed by atoms with E-state index in [0.717, 1.165) is 28.2 Å². The van der Waals surface area contributed by atoms with E-state index in [0.29, 0.717) is 5.82 Å². The minimum Gasteiger partial charge on any atom is -0.213 e. The van der Waals surface area contributed by atoms with Gasteiger partial charge in [-0.15, -0.1) is 5.10 Å². The van der Waals surface area contributed by atoms with Crippen molar-refractivity contribution in [3.05, 3.63) is 200 Å². The van der Waals surface area contributed by atoms with Gasteiger partial charge in [0.15, 0.2) is 11.6 Å². The first-order valence-corrected chi connectivity index (χ1v) is 18.0. The van der Waals surface area contributed by atoms with Crippen molar-refractivity contribution in [1.82, 2.24) is 14.8 Å². The number of aromatic nitrogens is 3. The largest absolute Gasteiger partial charge is 0.213 e. The zero-order chi connectivity index (χ0) is 35.1. The predicted molar refractivity (Wildman–Crippen MR) is 221 cm³/mol. The van der Waals surface area contributed by atoms with Gasteiger partial charge >= 0.3 is 0 Å². The number of hydrogen-bond acceptors (Lipinski definition) is 2. The SMILES string of the molecule is c1ccc2c(-c3ccc(-c4nc(-c5ccc(-c6cccc7ccccc67)cc5)n(-c5ccc(-c6cccc7ccccc67)cc5)n4)cc3)cccc2c1. The van der Waals surface area contributed by atoms with Gasteiger partial charge in [-0.25, -0.2) is 9.67 Å². The van der Waals surface area contributed by atoms with E-state index < -0.39 is 0 Å². The lowest BCUT2D eigenvalue weighted by Crippen LogP contribution is -2.00. The van der Waals surface area contributed by atoms with Crippen molar-refractivity contribution in [3.8, 4) is 61.8 Å². The summed E-state index contributed by atoms with van der Waals surface area (Å²) < 4.78 is 1.98. The van der Waals surface area contributed by atoms with E-state index in [1.165, 1.54) is 60.1 Å². The van der Waals surface area contributed by atoms with Crippen LogP contribution in [0.4, 0.5) is 0 Å². The Kier molecular flexibility index (Phi) is 7.47. The molecule has 0 aliphatic rings. The standard InChI is InChI=1S/C50H33N3/c1-4-16-43-34(10-1)13-7-19-46(43)37-22-26-40(27-23-37)49-51-50(41-28-24-38(25-29-41)47-20-8-14-35-11-2-5-17-44(35)47)53(52-49)42-32-30-39(31-33-42)48-21-9-15-36-12-3-6-18-45(36)48/h1-33H. The summed E-state index contributed by atoms with van der Waals surface area (Å²) >= 11 is 0. The average molecular weight is 676 g/mol. The molecule has 248 valence electrons. The van der Waals surface area contributed by atoms with Crippen LogP contribution in [-0.2, 0) is 0 Å². The van der Waals surface area contributed by atoms with Gasteiger partial charge in [-0.3, -0.25) is 0 Å². The zero-order valence-electron chi connectivity index (χ0n) is 28.9. The van der Waals surface area contributed by atoms with Gasteiger partial charge < -0.3 is 0 Å². The molecule has 0 unspecified atom stereocenters. The van der Waals surface area contributed by atoms with Crippen molar-refractivity contribution >= 4 is 32.3 Å². The molecule has 1 aromatic heterocycles. The van der Waals surface area contributed by atoms with Gasteiger partial charge in [0.05, 0.1) is 5.69 Å². The van der Waals surface area contributed by atoms with E-state index in [2.05, 4.69) is 200 Å². The van der Waals surface area contributed by atoms with E-state index in [1.54, 1.807) is 0 Å². The number of benzene rings is 9. The van der Waals surface area contributed by atoms with Gasteiger partial charge in [-0.1, -0.05) is 188 Å². The Bertz CT molecular complexity index is 2760. The van der Waals surface area contributed by atoms with Gasteiger partial charge in [0, 0.05) is 11.1 Å². The van der Waals surface area contributed by atoms with Crippen LogP contribution in [0.3, 0.4) is 0 Å². The molecule has 0 spiro atoms. The van der Waals surface area contributed by atoms with Crippen LogP contribution in [0.1, 0.15) is 0 Å². The summed E-state index contributed by atoms with van der Waals surface area (Å²) in [4.78, 5) is 5.21. The van der Waals surface area contributed by atoms with Crippen molar-refractivity contribution in [2.75, 3.05) is 0 Å². The number of nitrogens with zero attached hydrogens (tertiary/aromatic N) is 3. The Morgan fingerprint density at radius 1 is 0.302 bits per heavy atom. The Morgan fingerprint density at radius 3 is 1.11 bits per heavy atom. The monoisotopic (exact) mass is 675 g/mol. The third kappa shape index (κ3) is 5.56.